The van der Waals surface area contributed by atoms with Crippen LogP contribution < -0.4 is 10.6 Å². The molecule has 1 aliphatic rings. The Bertz CT molecular complexity index is 901. The molecule has 0 bridgehead atoms. The van der Waals surface area contributed by atoms with Crippen LogP contribution in [-0.4, -0.2) is 53.5 Å². The van der Waals surface area contributed by atoms with Gasteiger partial charge in [-0.15, -0.1) is 0 Å². The van der Waals surface area contributed by atoms with Gasteiger partial charge >= 0.3 is 5.97 Å². The second-order valence-electron chi connectivity index (χ2n) is 7.30. The summed E-state index contributed by atoms with van der Waals surface area (Å²) in [5, 5.41) is 16.0. The van der Waals surface area contributed by atoms with Gasteiger partial charge in [-0.2, -0.15) is 0 Å². The van der Waals surface area contributed by atoms with Crippen molar-refractivity contribution in [1.29, 1.82) is 0 Å². The van der Waals surface area contributed by atoms with Crippen molar-refractivity contribution in [2.75, 3.05) is 13.1 Å². The lowest BCUT2D eigenvalue weighted by Crippen LogP contribution is -2.28. The van der Waals surface area contributed by atoms with Crippen molar-refractivity contribution in [2.45, 2.75) is 32.1 Å². The summed E-state index contributed by atoms with van der Waals surface area (Å²) in [7, 11) is 0. The normalized spacial score (nSPS) is 14.1. The third-order valence-corrected chi connectivity index (χ3v) is 4.97. The molecule has 0 saturated carbocycles. The van der Waals surface area contributed by atoms with E-state index in [4.69, 9.17) is 0 Å². The summed E-state index contributed by atoms with van der Waals surface area (Å²) in [6.45, 7) is 2.50. The van der Waals surface area contributed by atoms with E-state index in [0.29, 0.717) is 38.2 Å². The lowest BCUT2D eigenvalue weighted by molar-refractivity contribution is -0.140. The summed E-state index contributed by atoms with van der Waals surface area (Å²) in [5.41, 5.74) is 2.39. The third kappa shape index (κ3) is 7.20. The minimum absolute atomic E-state index is 0.103. The predicted octanol–water partition coefficient (Wildman–Crippen LogP) is 2.11. The van der Waals surface area contributed by atoms with Crippen LogP contribution >= 0.6 is 0 Å². The van der Waals surface area contributed by atoms with E-state index < -0.39 is 11.9 Å². The summed E-state index contributed by atoms with van der Waals surface area (Å²) in [4.78, 5) is 36.9. The summed E-state index contributed by atoms with van der Waals surface area (Å²) < 4.78 is 0. The summed E-state index contributed by atoms with van der Waals surface area (Å²) in [6, 6.07) is 12.9. The van der Waals surface area contributed by atoms with E-state index in [-0.39, 0.29) is 18.4 Å². The maximum Gasteiger partial charge on any atom is 0.314 e. The summed E-state index contributed by atoms with van der Waals surface area (Å²) >= 11 is 0. The molecule has 2 aromatic rings. The quantitative estimate of drug-likeness (QED) is 0.259. The second-order valence-corrected chi connectivity index (χ2v) is 7.30. The smallest absolute Gasteiger partial charge is 0.314 e. The average molecular weight is 422 g/mol. The lowest BCUT2D eigenvalue weighted by Gasteiger charge is -2.13. The molecule has 3 N–H and O–H groups in total. The van der Waals surface area contributed by atoms with Gasteiger partial charge in [-0.25, -0.2) is 0 Å². The number of nitrogens with zero attached hydrogens (tertiary/aromatic N) is 3. The molecule has 31 heavy (non-hydrogen) atoms. The monoisotopic (exact) mass is 421 g/mol. The fourth-order valence-electron chi connectivity index (χ4n) is 3.27. The number of benzene rings is 1. The average Bonchev–Trinajstić information content (AvgIpc) is 3.30. The number of carboxylic acids is 1. The Morgan fingerprint density at radius 2 is 1.77 bits per heavy atom. The van der Waals surface area contributed by atoms with Gasteiger partial charge in [0, 0.05) is 43.8 Å². The van der Waals surface area contributed by atoms with E-state index in [0.717, 1.165) is 11.3 Å². The van der Waals surface area contributed by atoms with Crippen LogP contribution in [0.5, 0.6) is 0 Å². The van der Waals surface area contributed by atoms with Crippen molar-refractivity contribution in [1.82, 2.24) is 15.6 Å². The fourth-order valence-corrected chi connectivity index (χ4v) is 3.27. The van der Waals surface area contributed by atoms with Gasteiger partial charge in [0.1, 0.15) is 5.92 Å². The molecule has 8 nitrogen and oxygen atoms in total. The van der Waals surface area contributed by atoms with Crippen molar-refractivity contribution in [3.63, 3.8) is 0 Å². The Hall–Kier alpha value is -3.23. The molecule has 0 fully saturated rings. The number of carboxylic acid groups (broad SMARTS) is 1. The van der Waals surface area contributed by atoms with Crippen molar-refractivity contribution in [2.24, 2.45) is 15.9 Å². The number of pyridine rings is 1. The molecule has 1 aromatic carbocycles. The molecule has 0 aliphatic carbocycles. The van der Waals surface area contributed by atoms with Crippen LogP contribution in [0, 0.1) is 5.92 Å². The highest BCUT2D eigenvalue weighted by molar-refractivity contribution is 6.17. The third-order valence-electron chi connectivity index (χ3n) is 4.97. The van der Waals surface area contributed by atoms with Crippen LogP contribution in [0.15, 0.2) is 58.6 Å². The highest BCUT2D eigenvalue weighted by Gasteiger charge is 2.26. The van der Waals surface area contributed by atoms with E-state index in [1.807, 2.05) is 30.3 Å². The number of Topliss-reactive ketones (excluding diaryl/α,β-unsaturated/α-hetero) is 1. The Kier molecular flexibility index (Phi) is 8.57. The minimum atomic E-state index is -1.09. The number of aliphatic imine (C=N–C) groups is 2. The standard InChI is InChI=1S/C23H27N5O3/c29-22(20(23(30)31)5-3-10-24-16-21-27-12-13-28-21)18-8-6-17(7-9-18)14-25-15-19-4-1-2-11-26-19/h1-2,4,6-9,11-13,20-21,24-25H,3,5,10,14-16H2,(H,30,31). The number of hydrogen-bond donors (Lipinski definition) is 3. The molecule has 162 valence electrons. The van der Waals surface area contributed by atoms with Gasteiger partial charge in [-0.1, -0.05) is 30.3 Å². The molecule has 1 aliphatic heterocycles. The van der Waals surface area contributed by atoms with Gasteiger partial charge in [0.05, 0.1) is 5.69 Å². The molecule has 0 spiro atoms. The van der Waals surface area contributed by atoms with E-state index in [2.05, 4.69) is 25.6 Å². The summed E-state index contributed by atoms with van der Waals surface area (Å²) in [6.07, 6.45) is 5.84. The Balaban J connectivity index is 1.43. The molecule has 1 unspecified atom stereocenters. The van der Waals surface area contributed by atoms with E-state index in [1.54, 1.807) is 30.8 Å². The Morgan fingerprint density at radius 3 is 2.45 bits per heavy atom. The molecular weight excluding hydrogens is 394 g/mol. The number of ketones is 1. The zero-order valence-corrected chi connectivity index (χ0v) is 17.3. The number of nitrogens with one attached hydrogen (secondary N) is 2. The number of aromatic nitrogens is 1. The van der Waals surface area contributed by atoms with Crippen LogP contribution in [0.25, 0.3) is 0 Å². The van der Waals surface area contributed by atoms with Crippen LogP contribution in [-0.2, 0) is 17.9 Å². The van der Waals surface area contributed by atoms with Crippen molar-refractivity contribution >= 4 is 24.2 Å². The first-order valence-electron chi connectivity index (χ1n) is 10.4. The van der Waals surface area contributed by atoms with Gasteiger partial charge in [-0.05, 0) is 37.1 Å². The van der Waals surface area contributed by atoms with Gasteiger partial charge in [0.2, 0.25) is 0 Å². The number of carbonyl (C=O) groups excluding carboxylic acids is 1. The van der Waals surface area contributed by atoms with Crippen LogP contribution in [0.1, 0.15) is 34.5 Å². The number of rotatable bonds is 13. The van der Waals surface area contributed by atoms with E-state index >= 15 is 0 Å². The van der Waals surface area contributed by atoms with E-state index in [1.165, 1.54) is 0 Å². The Labute approximate surface area is 181 Å². The predicted molar refractivity (Wildman–Crippen MR) is 120 cm³/mol. The maximum absolute atomic E-state index is 12.7. The molecule has 0 radical (unpaired) electrons. The number of hydrogen-bond acceptors (Lipinski definition) is 7. The molecule has 0 saturated heterocycles. The molecule has 1 aromatic heterocycles. The zero-order chi connectivity index (χ0) is 21.9. The largest absolute Gasteiger partial charge is 0.481 e. The van der Waals surface area contributed by atoms with Crippen molar-refractivity contribution < 1.29 is 14.7 Å². The molecular formula is C23H27N5O3. The first kappa shape index (κ1) is 22.5. The SMILES string of the molecule is O=C(O)C(CCCNCC1N=CC=N1)C(=O)c1ccc(CNCc2ccccn2)cc1. The molecule has 3 rings (SSSR count). The first-order valence-corrected chi connectivity index (χ1v) is 10.4. The summed E-state index contributed by atoms with van der Waals surface area (Å²) in [5.74, 6) is -2.49. The number of carbonyl (C=O) groups is 2. The first-order chi connectivity index (χ1) is 15.1. The number of aliphatic carboxylic acids is 1. The topological polar surface area (TPSA) is 116 Å². The second kappa shape index (κ2) is 11.8. The van der Waals surface area contributed by atoms with Crippen LogP contribution in [0.4, 0.5) is 0 Å². The van der Waals surface area contributed by atoms with Crippen LogP contribution in [0.3, 0.4) is 0 Å². The van der Waals surface area contributed by atoms with E-state index in [9.17, 15) is 14.7 Å². The van der Waals surface area contributed by atoms with Crippen molar-refractivity contribution in [3.8, 4) is 0 Å². The molecule has 8 heteroatoms. The molecule has 0 amide bonds. The van der Waals surface area contributed by atoms with Gasteiger partial charge < -0.3 is 15.7 Å². The minimum Gasteiger partial charge on any atom is -0.481 e. The highest BCUT2D eigenvalue weighted by Crippen LogP contribution is 2.16. The zero-order valence-electron chi connectivity index (χ0n) is 17.3. The fraction of sp³-hybridized carbons (Fsp3) is 0.348. The highest BCUT2D eigenvalue weighted by atomic mass is 16.4. The van der Waals surface area contributed by atoms with Gasteiger partial charge in [0.25, 0.3) is 0 Å². The van der Waals surface area contributed by atoms with Gasteiger partial charge in [-0.3, -0.25) is 24.6 Å². The van der Waals surface area contributed by atoms with Crippen LogP contribution in [0.2, 0.25) is 0 Å². The van der Waals surface area contributed by atoms with Crippen molar-refractivity contribution in [3.05, 3.63) is 65.5 Å². The molecule has 2 heterocycles. The Morgan fingerprint density at radius 1 is 1.00 bits per heavy atom. The maximum atomic E-state index is 12.7. The molecule has 1 atom stereocenters. The van der Waals surface area contributed by atoms with Gasteiger partial charge in [0.15, 0.2) is 11.9 Å². The lowest BCUT2D eigenvalue weighted by atomic mass is 9.93.